The van der Waals surface area contributed by atoms with Gasteiger partial charge in [-0.3, -0.25) is 9.59 Å². The molecule has 1 aliphatic rings. The molecule has 1 aromatic heterocycles. The summed E-state index contributed by atoms with van der Waals surface area (Å²) >= 11 is 0. The molecule has 1 aliphatic heterocycles. The van der Waals surface area contributed by atoms with Crippen LogP contribution < -0.4 is 15.8 Å². The van der Waals surface area contributed by atoms with Crippen LogP contribution in [0.2, 0.25) is 0 Å². The van der Waals surface area contributed by atoms with Crippen LogP contribution in [0.4, 0.5) is 11.5 Å². The summed E-state index contributed by atoms with van der Waals surface area (Å²) in [6.45, 7) is 4.53. The molecule has 3 aromatic rings. The number of rotatable bonds is 5. The standard InChI is InChI=1S/C22H24N4O3/c1-2-16-7-3-6-10-19(16)23-20(27)15-26-22(28)18-9-5-4-8-17(18)21(24-26)25-11-13-29-14-12-25/h3-10H,2,11-15H2,1H3,(H,23,27). The van der Waals surface area contributed by atoms with Crippen molar-refractivity contribution < 1.29 is 9.53 Å². The molecule has 29 heavy (non-hydrogen) atoms. The highest BCUT2D eigenvalue weighted by Gasteiger charge is 2.19. The Bertz CT molecular complexity index is 1090. The van der Waals surface area contributed by atoms with E-state index in [9.17, 15) is 9.59 Å². The second-order valence-electron chi connectivity index (χ2n) is 6.99. The minimum Gasteiger partial charge on any atom is -0.378 e. The fourth-order valence-electron chi connectivity index (χ4n) is 3.61. The number of para-hydroxylation sites is 1. The van der Waals surface area contributed by atoms with Crippen LogP contribution in [0.1, 0.15) is 12.5 Å². The summed E-state index contributed by atoms with van der Waals surface area (Å²) in [4.78, 5) is 27.7. The number of carbonyl (C=O) groups excluding carboxylic acids is 1. The number of morpholine rings is 1. The van der Waals surface area contributed by atoms with Crippen molar-refractivity contribution in [1.82, 2.24) is 9.78 Å². The maximum absolute atomic E-state index is 13.0. The molecule has 2 aromatic carbocycles. The smallest absolute Gasteiger partial charge is 0.275 e. The first-order valence-corrected chi connectivity index (χ1v) is 9.87. The number of hydrogen-bond acceptors (Lipinski definition) is 5. The third kappa shape index (κ3) is 4.00. The maximum Gasteiger partial charge on any atom is 0.275 e. The fraction of sp³-hybridized carbons (Fsp3) is 0.318. The Morgan fingerprint density at radius 1 is 1.07 bits per heavy atom. The minimum atomic E-state index is -0.274. The zero-order valence-electron chi connectivity index (χ0n) is 16.4. The molecule has 0 spiro atoms. The second-order valence-corrected chi connectivity index (χ2v) is 6.99. The zero-order chi connectivity index (χ0) is 20.2. The molecule has 4 rings (SSSR count). The highest BCUT2D eigenvalue weighted by Crippen LogP contribution is 2.23. The summed E-state index contributed by atoms with van der Waals surface area (Å²) in [5.41, 5.74) is 1.55. The molecule has 0 bridgehead atoms. The van der Waals surface area contributed by atoms with Crippen LogP contribution in [-0.4, -0.2) is 42.0 Å². The fourth-order valence-corrected chi connectivity index (χ4v) is 3.61. The van der Waals surface area contributed by atoms with Crippen molar-refractivity contribution in [1.29, 1.82) is 0 Å². The van der Waals surface area contributed by atoms with Gasteiger partial charge in [-0.2, -0.15) is 5.10 Å². The van der Waals surface area contributed by atoms with E-state index in [-0.39, 0.29) is 18.0 Å². The Morgan fingerprint density at radius 2 is 1.76 bits per heavy atom. The summed E-state index contributed by atoms with van der Waals surface area (Å²) in [5, 5.41) is 8.83. The van der Waals surface area contributed by atoms with Crippen LogP contribution in [0.25, 0.3) is 10.8 Å². The quantitative estimate of drug-likeness (QED) is 0.722. The van der Waals surface area contributed by atoms with Gasteiger partial charge in [0.1, 0.15) is 6.54 Å². The van der Waals surface area contributed by atoms with Gasteiger partial charge in [0.2, 0.25) is 5.91 Å². The van der Waals surface area contributed by atoms with Crippen molar-refractivity contribution >= 4 is 28.2 Å². The summed E-state index contributed by atoms with van der Waals surface area (Å²) in [6, 6.07) is 15.1. The molecular formula is C22H24N4O3. The predicted molar refractivity (Wildman–Crippen MR) is 113 cm³/mol. The number of nitrogens with one attached hydrogen (secondary N) is 1. The van der Waals surface area contributed by atoms with Gasteiger partial charge in [0.15, 0.2) is 5.82 Å². The average Bonchev–Trinajstić information content (AvgIpc) is 2.76. The van der Waals surface area contributed by atoms with Crippen LogP contribution in [0.15, 0.2) is 53.3 Å². The first kappa shape index (κ1) is 19.1. The first-order chi connectivity index (χ1) is 14.2. The van der Waals surface area contributed by atoms with Gasteiger partial charge in [0, 0.05) is 24.2 Å². The molecule has 0 unspecified atom stereocenters. The van der Waals surface area contributed by atoms with Gasteiger partial charge in [-0.25, -0.2) is 4.68 Å². The normalized spacial score (nSPS) is 14.2. The lowest BCUT2D eigenvalue weighted by molar-refractivity contribution is -0.117. The van der Waals surface area contributed by atoms with E-state index < -0.39 is 0 Å². The monoisotopic (exact) mass is 392 g/mol. The van der Waals surface area contributed by atoms with Crippen LogP contribution in [0.3, 0.4) is 0 Å². The summed E-state index contributed by atoms with van der Waals surface area (Å²) in [7, 11) is 0. The van der Waals surface area contributed by atoms with Crippen LogP contribution >= 0.6 is 0 Å². The molecule has 0 radical (unpaired) electrons. The average molecular weight is 392 g/mol. The molecule has 2 heterocycles. The van der Waals surface area contributed by atoms with E-state index in [0.717, 1.165) is 23.1 Å². The lowest BCUT2D eigenvalue weighted by atomic mass is 10.1. The molecule has 150 valence electrons. The second kappa shape index (κ2) is 8.45. The van der Waals surface area contributed by atoms with Crippen molar-refractivity contribution in [3.05, 3.63) is 64.4 Å². The van der Waals surface area contributed by atoms with Crippen molar-refractivity contribution in [2.45, 2.75) is 19.9 Å². The molecule has 0 saturated carbocycles. The van der Waals surface area contributed by atoms with Gasteiger partial charge in [0.05, 0.1) is 18.6 Å². The van der Waals surface area contributed by atoms with Gasteiger partial charge in [-0.05, 0) is 24.1 Å². The number of ether oxygens (including phenoxy) is 1. The number of fused-ring (bicyclic) bond motifs is 1. The summed E-state index contributed by atoms with van der Waals surface area (Å²) < 4.78 is 6.70. The van der Waals surface area contributed by atoms with E-state index in [1.807, 2.05) is 49.4 Å². The molecule has 7 nitrogen and oxygen atoms in total. The number of benzene rings is 2. The minimum absolute atomic E-state index is 0.140. The molecule has 1 amide bonds. The SMILES string of the molecule is CCc1ccccc1NC(=O)Cn1nc(N2CCOCC2)c2ccccc2c1=O. The number of aromatic nitrogens is 2. The molecule has 7 heteroatoms. The topological polar surface area (TPSA) is 76.5 Å². The van der Waals surface area contributed by atoms with E-state index in [4.69, 9.17) is 4.74 Å². The number of amides is 1. The number of aryl methyl sites for hydroxylation is 1. The zero-order valence-corrected chi connectivity index (χ0v) is 16.4. The first-order valence-electron chi connectivity index (χ1n) is 9.87. The van der Waals surface area contributed by atoms with Gasteiger partial charge in [-0.15, -0.1) is 0 Å². The van der Waals surface area contributed by atoms with E-state index in [1.54, 1.807) is 6.07 Å². The molecule has 0 aliphatic carbocycles. The number of carbonyl (C=O) groups is 1. The molecule has 0 atom stereocenters. The number of anilines is 2. The summed E-state index contributed by atoms with van der Waals surface area (Å²) in [6.07, 6.45) is 0.811. The Kier molecular flexibility index (Phi) is 5.57. The highest BCUT2D eigenvalue weighted by molar-refractivity contribution is 5.93. The van der Waals surface area contributed by atoms with Crippen molar-refractivity contribution in [2.75, 3.05) is 36.5 Å². The van der Waals surface area contributed by atoms with E-state index in [1.165, 1.54) is 4.68 Å². The van der Waals surface area contributed by atoms with Crippen molar-refractivity contribution in [2.24, 2.45) is 0 Å². The summed E-state index contributed by atoms with van der Waals surface area (Å²) in [5.74, 6) is 0.439. The van der Waals surface area contributed by atoms with Gasteiger partial charge >= 0.3 is 0 Å². The highest BCUT2D eigenvalue weighted by atomic mass is 16.5. The Balaban J connectivity index is 1.67. The number of nitrogens with zero attached hydrogens (tertiary/aromatic N) is 3. The molecule has 1 N–H and O–H groups in total. The van der Waals surface area contributed by atoms with E-state index >= 15 is 0 Å². The largest absolute Gasteiger partial charge is 0.378 e. The lowest BCUT2D eigenvalue weighted by Crippen LogP contribution is -2.39. The Labute approximate surface area is 168 Å². The van der Waals surface area contributed by atoms with Crippen LogP contribution in [0.5, 0.6) is 0 Å². The third-order valence-corrected chi connectivity index (χ3v) is 5.12. The van der Waals surface area contributed by atoms with Crippen molar-refractivity contribution in [3.8, 4) is 0 Å². The van der Waals surface area contributed by atoms with Gasteiger partial charge in [0.25, 0.3) is 5.56 Å². The van der Waals surface area contributed by atoms with Crippen molar-refractivity contribution in [3.63, 3.8) is 0 Å². The third-order valence-electron chi connectivity index (χ3n) is 5.12. The lowest BCUT2D eigenvalue weighted by Gasteiger charge is -2.29. The maximum atomic E-state index is 13.0. The van der Waals surface area contributed by atoms with Crippen LogP contribution in [-0.2, 0) is 22.5 Å². The van der Waals surface area contributed by atoms with Gasteiger partial charge in [-0.1, -0.05) is 43.3 Å². The Hall–Kier alpha value is -3.19. The molecular weight excluding hydrogens is 368 g/mol. The predicted octanol–water partition coefficient (Wildman–Crippen LogP) is 2.43. The van der Waals surface area contributed by atoms with E-state index in [2.05, 4.69) is 15.3 Å². The molecule has 1 saturated heterocycles. The molecule has 1 fully saturated rings. The van der Waals surface area contributed by atoms with E-state index in [0.29, 0.717) is 37.5 Å². The number of hydrogen-bond donors (Lipinski definition) is 1. The van der Waals surface area contributed by atoms with Gasteiger partial charge < -0.3 is 15.0 Å². The Morgan fingerprint density at radius 3 is 2.52 bits per heavy atom. The van der Waals surface area contributed by atoms with Crippen LogP contribution in [0, 0.1) is 0 Å².